The molecular weight excluding hydrogens is 461 g/mol. The highest BCUT2D eigenvalue weighted by molar-refractivity contribution is 6.42. The van der Waals surface area contributed by atoms with Gasteiger partial charge in [-0.15, -0.1) is 0 Å². The van der Waals surface area contributed by atoms with Gasteiger partial charge >= 0.3 is 0 Å². The summed E-state index contributed by atoms with van der Waals surface area (Å²) in [6.07, 6.45) is 3.04. The van der Waals surface area contributed by atoms with E-state index >= 15 is 0 Å². The normalized spacial score (nSPS) is 20.6. The minimum Gasteiger partial charge on any atom is -0.389 e. The van der Waals surface area contributed by atoms with Gasteiger partial charge in [-0.3, -0.25) is 14.5 Å². The van der Waals surface area contributed by atoms with Gasteiger partial charge in [-0.2, -0.15) is 0 Å². The quantitative estimate of drug-likeness (QED) is 0.652. The van der Waals surface area contributed by atoms with Crippen LogP contribution in [0.5, 0.6) is 0 Å². The number of nitrogens with one attached hydrogen (secondary N) is 1. The summed E-state index contributed by atoms with van der Waals surface area (Å²) < 4.78 is 0. The molecule has 2 N–H and O–H groups in total. The third-order valence-corrected chi connectivity index (χ3v) is 7.46. The zero-order valence-electron chi connectivity index (χ0n) is 18.5. The summed E-state index contributed by atoms with van der Waals surface area (Å²) in [7, 11) is 0. The second-order valence-corrected chi connectivity index (χ2v) is 9.83. The van der Waals surface area contributed by atoms with Crippen LogP contribution in [0.15, 0.2) is 48.5 Å². The molecule has 2 aromatic rings. The Bertz CT molecular complexity index is 994. The molecular formula is C25H29Cl2N3O3. The van der Waals surface area contributed by atoms with E-state index in [9.17, 15) is 14.7 Å². The summed E-state index contributed by atoms with van der Waals surface area (Å²) in [5.41, 5.74) is 0.864. The number of aliphatic hydroxyl groups is 1. The highest BCUT2D eigenvalue weighted by Crippen LogP contribution is 2.29. The van der Waals surface area contributed by atoms with E-state index in [4.69, 9.17) is 23.2 Å². The van der Waals surface area contributed by atoms with Gasteiger partial charge in [-0.05, 0) is 43.0 Å². The number of carbonyl (C=O) groups is 2. The average Bonchev–Trinajstić information content (AvgIpc) is 3.30. The van der Waals surface area contributed by atoms with E-state index in [0.717, 1.165) is 37.9 Å². The van der Waals surface area contributed by atoms with Crippen molar-refractivity contribution in [2.75, 3.05) is 32.7 Å². The fourth-order valence-corrected chi connectivity index (χ4v) is 5.03. The minimum absolute atomic E-state index is 0.0530. The van der Waals surface area contributed by atoms with Crippen molar-refractivity contribution in [3.8, 4) is 0 Å². The highest BCUT2D eigenvalue weighted by atomic mass is 35.5. The van der Waals surface area contributed by atoms with Gasteiger partial charge in [0.1, 0.15) is 0 Å². The standard InChI is InChI=1S/C25H29Cl2N3O3/c26-21-7-6-19(14-22(21)27)24(32)28-16-23(31)30-11-8-20(17-30)29-12-9-25(33,10-13-29)15-18-4-2-1-3-5-18/h1-7,14,20,33H,8-13,15-17H2,(H,28,32). The van der Waals surface area contributed by atoms with Crippen LogP contribution in [0, 0.1) is 0 Å². The van der Waals surface area contributed by atoms with Crippen LogP contribution >= 0.6 is 23.2 Å². The molecule has 2 heterocycles. The number of hydrogen-bond donors (Lipinski definition) is 2. The SMILES string of the molecule is O=C(NCC(=O)N1CCC(N2CCC(O)(Cc3ccccc3)CC2)C1)c1ccc(Cl)c(Cl)c1. The zero-order valence-corrected chi connectivity index (χ0v) is 20.0. The fraction of sp³-hybridized carbons (Fsp3) is 0.440. The third kappa shape index (κ3) is 6.07. The molecule has 33 heavy (non-hydrogen) atoms. The summed E-state index contributed by atoms with van der Waals surface area (Å²) in [5.74, 6) is -0.449. The predicted molar refractivity (Wildman–Crippen MR) is 130 cm³/mol. The Hall–Kier alpha value is -2.12. The third-order valence-electron chi connectivity index (χ3n) is 6.72. The topological polar surface area (TPSA) is 72.9 Å². The zero-order chi connectivity index (χ0) is 23.4. The predicted octanol–water partition coefficient (Wildman–Crippen LogP) is 3.39. The second-order valence-electron chi connectivity index (χ2n) is 9.02. The summed E-state index contributed by atoms with van der Waals surface area (Å²) in [6, 6.07) is 15.0. The van der Waals surface area contributed by atoms with Crippen molar-refractivity contribution in [3.05, 3.63) is 69.7 Å². The number of halogens is 2. The fourth-order valence-electron chi connectivity index (χ4n) is 4.73. The van der Waals surface area contributed by atoms with E-state index in [-0.39, 0.29) is 18.4 Å². The smallest absolute Gasteiger partial charge is 0.251 e. The Morgan fingerprint density at radius 2 is 1.76 bits per heavy atom. The van der Waals surface area contributed by atoms with Crippen molar-refractivity contribution >= 4 is 35.0 Å². The first-order chi connectivity index (χ1) is 15.8. The van der Waals surface area contributed by atoms with Crippen LogP contribution in [-0.2, 0) is 11.2 Å². The first-order valence-corrected chi connectivity index (χ1v) is 12.1. The lowest BCUT2D eigenvalue weighted by Crippen LogP contribution is -2.50. The molecule has 2 aliphatic heterocycles. The van der Waals surface area contributed by atoms with Crippen molar-refractivity contribution in [1.82, 2.24) is 15.1 Å². The van der Waals surface area contributed by atoms with Gasteiger partial charge in [-0.1, -0.05) is 53.5 Å². The number of nitrogens with zero attached hydrogens (tertiary/aromatic N) is 2. The van der Waals surface area contributed by atoms with E-state index in [0.29, 0.717) is 41.2 Å². The van der Waals surface area contributed by atoms with Crippen molar-refractivity contribution in [1.29, 1.82) is 0 Å². The maximum absolute atomic E-state index is 12.6. The van der Waals surface area contributed by atoms with Gasteiger partial charge < -0.3 is 15.3 Å². The molecule has 1 atom stereocenters. The van der Waals surface area contributed by atoms with E-state index in [1.165, 1.54) is 6.07 Å². The van der Waals surface area contributed by atoms with Crippen molar-refractivity contribution in [2.45, 2.75) is 37.3 Å². The largest absolute Gasteiger partial charge is 0.389 e. The molecule has 2 aliphatic rings. The van der Waals surface area contributed by atoms with Crippen LogP contribution in [0.1, 0.15) is 35.2 Å². The molecule has 8 heteroatoms. The molecule has 176 valence electrons. The van der Waals surface area contributed by atoms with Crippen LogP contribution in [0.3, 0.4) is 0 Å². The molecule has 6 nitrogen and oxygen atoms in total. The van der Waals surface area contributed by atoms with E-state index in [2.05, 4.69) is 22.3 Å². The first kappa shape index (κ1) is 24.0. The molecule has 4 rings (SSSR count). The number of hydrogen-bond acceptors (Lipinski definition) is 4. The van der Waals surface area contributed by atoms with Gasteiger partial charge in [0.25, 0.3) is 5.91 Å². The van der Waals surface area contributed by atoms with Crippen LogP contribution in [-0.4, -0.2) is 71.1 Å². The van der Waals surface area contributed by atoms with E-state index in [1.54, 1.807) is 12.1 Å². The number of amides is 2. The van der Waals surface area contributed by atoms with Crippen LogP contribution in [0.2, 0.25) is 10.0 Å². The Morgan fingerprint density at radius 1 is 1.03 bits per heavy atom. The van der Waals surface area contributed by atoms with Crippen LogP contribution in [0.4, 0.5) is 0 Å². The molecule has 2 amide bonds. The molecule has 2 aromatic carbocycles. The number of piperidine rings is 1. The maximum Gasteiger partial charge on any atom is 0.251 e. The Kier molecular flexibility index (Phi) is 7.59. The van der Waals surface area contributed by atoms with Crippen LogP contribution in [0.25, 0.3) is 0 Å². The Balaban J connectivity index is 1.22. The summed E-state index contributed by atoms with van der Waals surface area (Å²) in [4.78, 5) is 29.2. The van der Waals surface area contributed by atoms with E-state index in [1.807, 2.05) is 23.1 Å². The monoisotopic (exact) mass is 489 g/mol. The molecule has 0 spiro atoms. The second kappa shape index (κ2) is 10.4. The minimum atomic E-state index is -0.666. The average molecular weight is 490 g/mol. The molecule has 1 unspecified atom stereocenters. The lowest BCUT2D eigenvalue weighted by Gasteiger charge is -2.41. The molecule has 2 fully saturated rings. The van der Waals surface area contributed by atoms with Crippen molar-refractivity contribution in [3.63, 3.8) is 0 Å². The number of carbonyl (C=O) groups excluding carboxylic acids is 2. The maximum atomic E-state index is 12.6. The summed E-state index contributed by atoms with van der Waals surface area (Å²) in [6.45, 7) is 2.92. The van der Waals surface area contributed by atoms with Gasteiger partial charge in [0.15, 0.2) is 0 Å². The lowest BCUT2D eigenvalue weighted by atomic mass is 9.85. The lowest BCUT2D eigenvalue weighted by molar-refractivity contribution is -0.129. The summed E-state index contributed by atoms with van der Waals surface area (Å²) >= 11 is 11.9. The summed E-state index contributed by atoms with van der Waals surface area (Å²) in [5, 5.41) is 14.4. The van der Waals surface area contributed by atoms with E-state index < -0.39 is 5.60 Å². The molecule has 0 aromatic heterocycles. The van der Waals surface area contributed by atoms with Crippen molar-refractivity contribution in [2.24, 2.45) is 0 Å². The number of likely N-dealkylation sites (tertiary alicyclic amines) is 2. The van der Waals surface area contributed by atoms with Gasteiger partial charge in [-0.25, -0.2) is 0 Å². The number of benzene rings is 2. The number of rotatable bonds is 6. The highest BCUT2D eigenvalue weighted by Gasteiger charge is 2.37. The van der Waals surface area contributed by atoms with Gasteiger partial charge in [0.2, 0.25) is 5.91 Å². The Morgan fingerprint density at radius 3 is 2.45 bits per heavy atom. The van der Waals surface area contributed by atoms with Crippen LogP contribution < -0.4 is 5.32 Å². The van der Waals surface area contributed by atoms with Gasteiger partial charge in [0.05, 0.1) is 22.2 Å². The molecule has 0 saturated carbocycles. The first-order valence-electron chi connectivity index (χ1n) is 11.3. The Labute approximate surface area is 204 Å². The molecule has 0 aliphatic carbocycles. The van der Waals surface area contributed by atoms with Crippen molar-refractivity contribution < 1.29 is 14.7 Å². The molecule has 0 radical (unpaired) electrons. The molecule has 2 saturated heterocycles. The molecule has 0 bridgehead atoms. The van der Waals surface area contributed by atoms with Gasteiger partial charge in [0, 0.05) is 44.2 Å².